The molecule has 24 heavy (non-hydrogen) atoms. The Bertz CT molecular complexity index is 595. The first kappa shape index (κ1) is 18.7. The van der Waals surface area contributed by atoms with Gasteiger partial charge in [0.25, 0.3) is 0 Å². The molecule has 0 aliphatic carbocycles. The van der Waals surface area contributed by atoms with Gasteiger partial charge in [0.15, 0.2) is 8.32 Å². The van der Waals surface area contributed by atoms with Crippen molar-refractivity contribution >= 4 is 20.3 Å². The molecule has 2 rings (SSSR count). The maximum absolute atomic E-state index is 12.2. The Balaban J connectivity index is 1.91. The van der Waals surface area contributed by atoms with E-state index in [1.54, 1.807) is 0 Å². The molecule has 1 aromatic rings. The highest BCUT2D eigenvalue weighted by Gasteiger charge is 2.43. The van der Waals surface area contributed by atoms with Gasteiger partial charge in [-0.05, 0) is 23.7 Å². The minimum absolute atomic E-state index is 0.0668. The zero-order valence-corrected chi connectivity index (χ0v) is 16.2. The van der Waals surface area contributed by atoms with E-state index in [1.807, 2.05) is 30.3 Å². The van der Waals surface area contributed by atoms with Crippen molar-refractivity contribution in [3.05, 3.63) is 35.9 Å². The van der Waals surface area contributed by atoms with Crippen LogP contribution in [0, 0.1) is 0 Å². The molecule has 0 aromatic heterocycles. The van der Waals surface area contributed by atoms with Gasteiger partial charge in [-0.15, -0.1) is 0 Å². The van der Waals surface area contributed by atoms with Crippen LogP contribution in [-0.4, -0.2) is 37.9 Å². The van der Waals surface area contributed by atoms with Crippen molar-refractivity contribution in [2.45, 2.75) is 58.0 Å². The fourth-order valence-electron chi connectivity index (χ4n) is 2.32. The van der Waals surface area contributed by atoms with Gasteiger partial charge in [-0.1, -0.05) is 51.1 Å². The largest absolute Gasteiger partial charge is 0.444 e. The zero-order valence-electron chi connectivity index (χ0n) is 15.2. The van der Waals surface area contributed by atoms with Crippen LogP contribution in [0.15, 0.2) is 30.3 Å². The number of likely N-dealkylation sites (tertiary alicyclic amines) is 1. The molecule has 5 nitrogen and oxygen atoms in total. The van der Waals surface area contributed by atoms with Crippen LogP contribution in [0.3, 0.4) is 0 Å². The number of hydrogen-bond donors (Lipinski definition) is 0. The van der Waals surface area contributed by atoms with E-state index in [1.165, 1.54) is 4.90 Å². The number of nitrogens with zero attached hydrogens (tertiary/aromatic N) is 1. The number of amides is 2. The number of benzene rings is 1. The van der Waals surface area contributed by atoms with Crippen LogP contribution in [-0.2, 0) is 20.6 Å². The quantitative estimate of drug-likeness (QED) is 0.773. The van der Waals surface area contributed by atoms with Crippen LogP contribution >= 0.6 is 0 Å². The number of carbonyl (C=O) groups is 2. The normalized spacial score (nSPS) is 18.8. The molecule has 1 aliphatic heterocycles. The second-order valence-corrected chi connectivity index (χ2v) is 12.5. The van der Waals surface area contributed by atoms with Gasteiger partial charge in [-0.25, -0.2) is 9.69 Å². The van der Waals surface area contributed by atoms with Crippen LogP contribution in [0.25, 0.3) is 0 Å². The lowest BCUT2D eigenvalue weighted by Gasteiger charge is -2.38. The Hall–Kier alpha value is -1.66. The van der Waals surface area contributed by atoms with Crippen molar-refractivity contribution in [3.8, 4) is 0 Å². The molecular formula is C18H27NO4Si. The molecular weight excluding hydrogens is 322 g/mol. The average molecular weight is 350 g/mol. The second-order valence-electron chi connectivity index (χ2n) is 7.75. The van der Waals surface area contributed by atoms with E-state index in [4.69, 9.17) is 9.16 Å². The third-order valence-electron chi connectivity index (χ3n) is 4.78. The lowest BCUT2D eigenvalue weighted by Crippen LogP contribution is -2.44. The van der Waals surface area contributed by atoms with E-state index in [0.29, 0.717) is 0 Å². The third-order valence-corrected chi connectivity index (χ3v) is 9.32. The Morgan fingerprint density at radius 3 is 2.46 bits per heavy atom. The lowest BCUT2D eigenvalue weighted by molar-refractivity contribution is -0.126. The van der Waals surface area contributed by atoms with Crippen LogP contribution < -0.4 is 0 Å². The number of carbonyl (C=O) groups excluding carboxylic acids is 2. The summed E-state index contributed by atoms with van der Waals surface area (Å²) in [6.45, 7) is 11.2. The molecule has 1 atom stereocenters. The SMILES string of the molecule is CC(C)(C)[Si](C)(C)O[C@H]1CC(=O)N(C(=O)OCc2ccccc2)C1. The summed E-state index contributed by atoms with van der Waals surface area (Å²) in [6, 6.07) is 9.42. The Labute approximate surface area is 145 Å². The first-order valence-corrected chi connectivity index (χ1v) is 11.2. The lowest BCUT2D eigenvalue weighted by atomic mass is 10.2. The minimum atomic E-state index is -1.97. The first-order chi connectivity index (χ1) is 11.1. The Morgan fingerprint density at radius 1 is 1.25 bits per heavy atom. The molecule has 1 aromatic carbocycles. The van der Waals surface area contributed by atoms with E-state index in [9.17, 15) is 9.59 Å². The van der Waals surface area contributed by atoms with Crippen molar-refractivity contribution < 1.29 is 18.8 Å². The summed E-state index contributed by atoms with van der Waals surface area (Å²) in [6.07, 6.45) is -0.583. The average Bonchev–Trinajstić information content (AvgIpc) is 2.84. The standard InChI is InChI=1S/C18H27NO4Si/c1-18(2,3)24(4,5)23-15-11-16(20)19(12-15)17(21)22-13-14-9-7-6-8-10-14/h6-10,15H,11-13H2,1-5H3/t15-/m0/s1. The van der Waals surface area contributed by atoms with E-state index in [2.05, 4.69) is 33.9 Å². The van der Waals surface area contributed by atoms with E-state index >= 15 is 0 Å². The first-order valence-electron chi connectivity index (χ1n) is 8.29. The molecule has 2 amide bonds. The summed E-state index contributed by atoms with van der Waals surface area (Å²) in [5.74, 6) is -0.225. The molecule has 1 aliphatic rings. The molecule has 0 bridgehead atoms. The van der Waals surface area contributed by atoms with Gasteiger partial charge >= 0.3 is 6.09 Å². The predicted octanol–water partition coefficient (Wildman–Crippen LogP) is 3.95. The monoisotopic (exact) mass is 349 g/mol. The minimum Gasteiger partial charge on any atom is -0.444 e. The van der Waals surface area contributed by atoms with Gasteiger partial charge in [0.2, 0.25) is 5.91 Å². The van der Waals surface area contributed by atoms with Crippen molar-refractivity contribution in [1.82, 2.24) is 4.90 Å². The van der Waals surface area contributed by atoms with Gasteiger partial charge in [0.1, 0.15) is 6.61 Å². The molecule has 0 spiro atoms. The Morgan fingerprint density at radius 2 is 1.88 bits per heavy atom. The van der Waals surface area contributed by atoms with Crippen molar-refractivity contribution in [3.63, 3.8) is 0 Å². The predicted molar refractivity (Wildman–Crippen MR) is 95.0 cm³/mol. The molecule has 132 valence electrons. The summed E-state index contributed by atoms with van der Waals surface area (Å²) >= 11 is 0. The highest BCUT2D eigenvalue weighted by atomic mass is 28.4. The summed E-state index contributed by atoms with van der Waals surface area (Å²) in [4.78, 5) is 25.5. The van der Waals surface area contributed by atoms with Gasteiger partial charge in [0, 0.05) is 0 Å². The molecule has 0 radical (unpaired) electrons. The molecule has 0 saturated carbocycles. The smallest absolute Gasteiger partial charge is 0.416 e. The fraction of sp³-hybridized carbons (Fsp3) is 0.556. The van der Waals surface area contributed by atoms with Crippen molar-refractivity contribution in [2.75, 3.05) is 6.54 Å². The van der Waals surface area contributed by atoms with Crippen molar-refractivity contribution in [2.24, 2.45) is 0 Å². The molecule has 1 heterocycles. The molecule has 0 N–H and O–H groups in total. The molecule has 1 saturated heterocycles. The van der Waals surface area contributed by atoms with Gasteiger partial charge in [-0.2, -0.15) is 0 Å². The summed E-state index contributed by atoms with van der Waals surface area (Å²) < 4.78 is 11.5. The number of rotatable bonds is 4. The Kier molecular flexibility index (Phi) is 5.50. The molecule has 1 fully saturated rings. The number of ether oxygens (including phenoxy) is 1. The summed E-state index contributed by atoms with van der Waals surface area (Å²) in [5.41, 5.74) is 0.895. The summed E-state index contributed by atoms with van der Waals surface area (Å²) in [7, 11) is -1.97. The highest BCUT2D eigenvalue weighted by Crippen LogP contribution is 2.38. The summed E-state index contributed by atoms with van der Waals surface area (Å²) in [5, 5.41) is 0.0668. The van der Waals surface area contributed by atoms with Gasteiger partial charge < -0.3 is 9.16 Å². The number of hydrogen-bond acceptors (Lipinski definition) is 4. The van der Waals surface area contributed by atoms with Crippen LogP contribution in [0.5, 0.6) is 0 Å². The molecule has 0 unspecified atom stereocenters. The van der Waals surface area contributed by atoms with Crippen molar-refractivity contribution in [1.29, 1.82) is 0 Å². The van der Waals surface area contributed by atoms with Crippen LogP contribution in [0.1, 0.15) is 32.8 Å². The van der Waals surface area contributed by atoms with Crippen LogP contribution in [0.2, 0.25) is 18.1 Å². The van der Waals surface area contributed by atoms with E-state index < -0.39 is 14.4 Å². The maximum Gasteiger partial charge on any atom is 0.416 e. The second kappa shape index (κ2) is 7.07. The van der Waals surface area contributed by atoms with E-state index in [0.717, 1.165) is 5.56 Å². The highest BCUT2D eigenvalue weighted by molar-refractivity contribution is 6.74. The fourth-order valence-corrected chi connectivity index (χ4v) is 3.67. The topological polar surface area (TPSA) is 55.8 Å². The number of imide groups is 1. The van der Waals surface area contributed by atoms with Gasteiger partial charge in [-0.3, -0.25) is 4.79 Å². The molecule has 6 heteroatoms. The van der Waals surface area contributed by atoms with Gasteiger partial charge in [0.05, 0.1) is 19.1 Å². The van der Waals surface area contributed by atoms with Crippen LogP contribution in [0.4, 0.5) is 4.79 Å². The maximum atomic E-state index is 12.2. The zero-order chi connectivity index (χ0) is 18.0. The van der Waals surface area contributed by atoms with E-state index in [-0.39, 0.29) is 36.6 Å². The third kappa shape index (κ3) is 4.45.